The first-order valence-corrected chi connectivity index (χ1v) is 10.8. The first-order chi connectivity index (χ1) is 12.9. The van der Waals surface area contributed by atoms with Crippen LogP contribution >= 0.6 is 7.26 Å². The molecule has 0 aliphatic carbocycles. The highest BCUT2D eigenvalue weighted by Gasteiger charge is 2.45. The van der Waals surface area contributed by atoms with Gasteiger partial charge in [-0.2, -0.15) is 0 Å². The van der Waals surface area contributed by atoms with Crippen molar-refractivity contribution in [1.29, 1.82) is 0 Å². The second-order valence-electron chi connectivity index (χ2n) is 6.30. The lowest BCUT2D eigenvalue weighted by Gasteiger charge is -2.27. The Labute approximate surface area is 172 Å². The number of pyridine rings is 1. The van der Waals surface area contributed by atoms with E-state index in [9.17, 15) is 0 Å². The van der Waals surface area contributed by atoms with Crippen molar-refractivity contribution in [3.05, 3.63) is 121 Å². The number of nitrogens with zero attached hydrogens (tertiary/aromatic N) is 1. The Morgan fingerprint density at radius 3 is 1.30 bits per heavy atom. The standard InChI is InChI=1S/C24H21NP.BrH/c1-4-13-22(14-5-1)26(23-15-6-2-7-16-23,24-17-8-3-9-18-24)20-21-12-10-11-19-25-21;/h1-19H,20H2;1H/q+1;/p-1. The molecule has 134 valence electrons. The van der Waals surface area contributed by atoms with Gasteiger partial charge in [-0.15, -0.1) is 0 Å². The molecular weight excluding hydrogens is 413 g/mol. The predicted molar refractivity (Wildman–Crippen MR) is 113 cm³/mol. The number of benzene rings is 3. The Morgan fingerprint density at radius 1 is 0.519 bits per heavy atom. The highest BCUT2D eigenvalue weighted by Crippen LogP contribution is 2.57. The summed E-state index contributed by atoms with van der Waals surface area (Å²) in [7, 11) is -1.84. The molecular formula is C24H21BrNP. The molecule has 0 N–H and O–H groups in total. The maximum atomic E-state index is 4.67. The van der Waals surface area contributed by atoms with Gasteiger partial charge < -0.3 is 17.0 Å². The summed E-state index contributed by atoms with van der Waals surface area (Å²) in [6.07, 6.45) is 2.82. The molecule has 0 saturated heterocycles. The van der Waals surface area contributed by atoms with E-state index in [0.29, 0.717) is 0 Å². The summed E-state index contributed by atoms with van der Waals surface area (Å²) in [5.41, 5.74) is 1.14. The van der Waals surface area contributed by atoms with Crippen molar-refractivity contribution in [3.8, 4) is 0 Å². The molecule has 3 heteroatoms. The Kier molecular flexibility index (Phi) is 6.55. The monoisotopic (exact) mass is 433 g/mol. The van der Waals surface area contributed by atoms with Gasteiger partial charge in [-0.3, -0.25) is 4.98 Å². The first-order valence-electron chi connectivity index (χ1n) is 8.84. The van der Waals surface area contributed by atoms with Crippen LogP contribution in [0.5, 0.6) is 0 Å². The molecule has 4 aromatic rings. The molecule has 0 fully saturated rings. The van der Waals surface area contributed by atoms with Crippen LogP contribution < -0.4 is 32.9 Å². The first kappa shape index (κ1) is 19.5. The highest BCUT2D eigenvalue weighted by molar-refractivity contribution is 7.95. The van der Waals surface area contributed by atoms with Crippen LogP contribution in [0.25, 0.3) is 0 Å². The van der Waals surface area contributed by atoms with Crippen LogP contribution in [0.1, 0.15) is 5.69 Å². The van der Waals surface area contributed by atoms with E-state index in [0.717, 1.165) is 11.9 Å². The maximum Gasteiger partial charge on any atom is 0.118 e. The van der Waals surface area contributed by atoms with Crippen molar-refractivity contribution in [2.24, 2.45) is 0 Å². The summed E-state index contributed by atoms with van der Waals surface area (Å²) in [5, 5.41) is 4.18. The minimum atomic E-state index is -1.84. The molecule has 0 amide bonds. The van der Waals surface area contributed by atoms with Crippen LogP contribution in [-0.2, 0) is 6.16 Å². The topological polar surface area (TPSA) is 12.9 Å². The molecule has 0 radical (unpaired) electrons. The van der Waals surface area contributed by atoms with E-state index in [4.69, 9.17) is 0 Å². The molecule has 0 unspecified atom stereocenters. The molecule has 1 heterocycles. The van der Waals surface area contributed by atoms with E-state index >= 15 is 0 Å². The number of hydrogen-bond donors (Lipinski definition) is 0. The number of rotatable bonds is 5. The van der Waals surface area contributed by atoms with Gasteiger partial charge in [-0.25, -0.2) is 0 Å². The zero-order valence-corrected chi connectivity index (χ0v) is 17.4. The smallest absolute Gasteiger partial charge is 0.118 e. The van der Waals surface area contributed by atoms with Gasteiger partial charge in [0.25, 0.3) is 0 Å². The van der Waals surface area contributed by atoms with Crippen molar-refractivity contribution >= 4 is 23.2 Å². The molecule has 0 aliphatic rings. The largest absolute Gasteiger partial charge is 1.00 e. The molecule has 1 nitrogen and oxygen atoms in total. The Bertz CT molecular complexity index is 848. The minimum Gasteiger partial charge on any atom is -1.00 e. The van der Waals surface area contributed by atoms with Crippen LogP contribution in [0.3, 0.4) is 0 Å². The Morgan fingerprint density at radius 2 is 0.926 bits per heavy atom. The minimum absolute atomic E-state index is 0. The summed E-state index contributed by atoms with van der Waals surface area (Å²) in [6, 6.07) is 39.0. The lowest BCUT2D eigenvalue weighted by Crippen LogP contribution is -3.00. The van der Waals surface area contributed by atoms with Gasteiger partial charge in [0.15, 0.2) is 0 Å². The van der Waals surface area contributed by atoms with E-state index in [1.165, 1.54) is 15.9 Å². The highest BCUT2D eigenvalue weighted by atomic mass is 79.9. The molecule has 0 spiro atoms. The van der Waals surface area contributed by atoms with Crippen LogP contribution in [-0.4, -0.2) is 4.98 Å². The van der Waals surface area contributed by atoms with E-state index in [1.807, 2.05) is 12.3 Å². The van der Waals surface area contributed by atoms with Gasteiger partial charge in [0.2, 0.25) is 0 Å². The zero-order chi connectivity index (χ0) is 17.7. The van der Waals surface area contributed by atoms with Crippen molar-refractivity contribution in [2.45, 2.75) is 6.16 Å². The van der Waals surface area contributed by atoms with Gasteiger partial charge >= 0.3 is 0 Å². The summed E-state index contributed by atoms with van der Waals surface area (Å²) in [4.78, 5) is 4.67. The van der Waals surface area contributed by atoms with Crippen molar-refractivity contribution in [2.75, 3.05) is 0 Å². The normalized spacial score (nSPS) is 10.8. The molecule has 27 heavy (non-hydrogen) atoms. The molecule has 0 aliphatic heterocycles. The molecule has 3 aromatic carbocycles. The number of aromatic nitrogens is 1. The average Bonchev–Trinajstić information content (AvgIpc) is 2.75. The third-order valence-electron chi connectivity index (χ3n) is 4.72. The summed E-state index contributed by atoms with van der Waals surface area (Å²) in [5.74, 6) is 0. The second-order valence-corrected chi connectivity index (χ2v) is 9.78. The quantitative estimate of drug-likeness (QED) is 0.435. The van der Waals surface area contributed by atoms with Crippen molar-refractivity contribution in [1.82, 2.24) is 4.98 Å². The van der Waals surface area contributed by atoms with Gasteiger partial charge in [-0.05, 0) is 48.5 Å². The molecule has 1 aromatic heterocycles. The molecule has 0 atom stereocenters. The van der Waals surface area contributed by atoms with Gasteiger partial charge in [0.1, 0.15) is 29.3 Å². The fourth-order valence-corrected chi connectivity index (χ4v) is 7.66. The Hall–Kier alpha value is -2.28. The summed E-state index contributed by atoms with van der Waals surface area (Å²) >= 11 is 0. The van der Waals surface area contributed by atoms with Crippen molar-refractivity contribution < 1.29 is 17.0 Å². The number of hydrogen-bond acceptors (Lipinski definition) is 1. The van der Waals surface area contributed by atoms with Crippen LogP contribution in [0.15, 0.2) is 115 Å². The van der Waals surface area contributed by atoms with E-state index in [1.54, 1.807) is 0 Å². The van der Waals surface area contributed by atoms with Crippen LogP contribution in [0.2, 0.25) is 0 Å². The fraction of sp³-hybridized carbons (Fsp3) is 0.0417. The third-order valence-corrected chi connectivity index (χ3v) is 9.05. The molecule has 0 saturated carbocycles. The molecule has 4 rings (SSSR count). The predicted octanol–water partition coefficient (Wildman–Crippen LogP) is 1.58. The third kappa shape index (κ3) is 4.03. The summed E-state index contributed by atoms with van der Waals surface area (Å²) < 4.78 is 0. The fourth-order valence-electron chi connectivity index (χ4n) is 3.50. The van der Waals surface area contributed by atoms with E-state index < -0.39 is 7.26 Å². The number of halogens is 1. The van der Waals surface area contributed by atoms with Gasteiger partial charge in [0.05, 0.1) is 5.69 Å². The van der Waals surface area contributed by atoms with Gasteiger partial charge in [0, 0.05) is 6.20 Å². The zero-order valence-electron chi connectivity index (χ0n) is 14.9. The lowest BCUT2D eigenvalue weighted by molar-refractivity contribution is -0.00000513. The Balaban J connectivity index is 0.00000210. The van der Waals surface area contributed by atoms with Gasteiger partial charge in [-0.1, -0.05) is 60.7 Å². The van der Waals surface area contributed by atoms with Crippen LogP contribution in [0.4, 0.5) is 0 Å². The molecule has 0 bridgehead atoms. The van der Waals surface area contributed by atoms with E-state index in [2.05, 4.69) is 108 Å². The van der Waals surface area contributed by atoms with Crippen molar-refractivity contribution in [3.63, 3.8) is 0 Å². The summed E-state index contributed by atoms with van der Waals surface area (Å²) in [6.45, 7) is 0. The van der Waals surface area contributed by atoms with E-state index in [-0.39, 0.29) is 17.0 Å². The lowest BCUT2D eigenvalue weighted by atomic mass is 10.3. The van der Waals surface area contributed by atoms with Crippen LogP contribution in [0, 0.1) is 0 Å². The second kappa shape index (κ2) is 9.08. The maximum absolute atomic E-state index is 4.67. The average molecular weight is 434 g/mol. The SMILES string of the molecule is [Br-].c1ccc([P+](Cc2ccccn2)(c2ccccc2)c2ccccc2)cc1.